The summed E-state index contributed by atoms with van der Waals surface area (Å²) in [5.41, 5.74) is 1.77. The van der Waals surface area contributed by atoms with E-state index in [9.17, 15) is 10.0 Å². The summed E-state index contributed by atoms with van der Waals surface area (Å²) >= 11 is 0. The minimum absolute atomic E-state index is 0.166. The highest BCUT2D eigenvalue weighted by Crippen LogP contribution is 2.37. The lowest BCUT2D eigenvalue weighted by molar-refractivity contribution is -0.0450. The van der Waals surface area contributed by atoms with Crippen molar-refractivity contribution < 1.29 is 14.4 Å². The second-order valence-corrected chi connectivity index (χ2v) is 12.8. The van der Waals surface area contributed by atoms with Crippen molar-refractivity contribution in [2.24, 2.45) is 0 Å². The molecule has 0 saturated carbocycles. The molecule has 7 nitrogen and oxygen atoms in total. The van der Waals surface area contributed by atoms with Crippen LogP contribution in [-0.2, 0) is 11.0 Å². The van der Waals surface area contributed by atoms with Crippen molar-refractivity contribution in [3.63, 3.8) is 0 Å². The number of fused-ring (bicyclic) bond motifs is 2. The molecule has 1 atom stereocenters. The monoisotopic (exact) mass is 350 g/mol. The fourth-order valence-corrected chi connectivity index (χ4v) is 3.55. The van der Waals surface area contributed by atoms with Crippen LogP contribution in [0.2, 0.25) is 18.1 Å². The Morgan fingerprint density at radius 1 is 1.42 bits per heavy atom. The normalized spacial score (nSPS) is 21.5. The number of carbonyl (C=O) groups excluding carboxylic acids is 1. The van der Waals surface area contributed by atoms with Crippen molar-refractivity contribution >= 4 is 20.0 Å². The fraction of sp³-hybridized carbons (Fsp3) is 0.625. The number of hydroxylamine groups is 2. The van der Waals surface area contributed by atoms with Crippen LogP contribution in [0.15, 0.2) is 18.3 Å². The Kier molecular flexibility index (Phi) is 4.09. The minimum atomic E-state index is -1.80. The van der Waals surface area contributed by atoms with Crippen LogP contribution < -0.4 is 0 Å². The van der Waals surface area contributed by atoms with Crippen LogP contribution in [0.3, 0.4) is 0 Å². The molecular formula is C16H26N4O3Si. The Hall–Kier alpha value is -1.64. The van der Waals surface area contributed by atoms with Crippen molar-refractivity contribution in [2.75, 3.05) is 13.1 Å². The van der Waals surface area contributed by atoms with Crippen LogP contribution in [0, 0.1) is 0 Å². The van der Waals surface area contributed by atoms with Gasteiger partial charge in [-0.3, -0.25) is 5.21 Å². The minimum Gasteiger partial charge on any atom is -0.411 e. The average Bonchev–Trinajstić information content (AvgIpc) is 3.05. The molecule has 24 heavy (non-hydrogen) atoms. The molecule has 0 aromatic carbocycles. The first-order chi connectivity index (χ1) is 11.1. The third kappa shape index (κ3) is 3.01. The van der Waals surface area contributed by atoms with E-state index in [0.29, 0.717) is 19.7 Å². The van der Waals surface area contributed by atoms with Gasteiger partial charge in [0.2, 0.25) is 0 Å². The van der Waals surface area contributed by atoms with E-state index in [1.165, 1.54) is 0 Å². The SMILES string of the molecule is CC(C)(C)[Si](C)(C)OCc1ccn(C2=CC3CN(C2)C(=O)N3O)n1. The Balaban J connectivity index is 1.69. The molecule has 2 aliphatic rings. The van der Waals surface area contributed by atoms with Gasteiger partial charge in [0.1, 0.15) is 0 Å². The molecule has 1 unspecified atom stereocenters. The Morgan fingerprint density at radius 2 is 2.12 bits per heavy atom. The van der Waals surface area contributed by atoms with E-state index < -0.39 is 8.32 Å². The summed E-state index contributed by atoms with van der Waals surface area (Å²) < 4.78 is 7.97. The molecule has 2 aliphatic heterocycles. The highest BCUT2D eigenvalue weighted by molar-refractivity contribution is 6.74. The van der Waals surface area contributed by atoms with E-state index in [-0.39, 0.29) is 17.1 Å². The molecule has 8 heteroatoms. The number of aromatic nitrogens is 2. The summed E-state index contributed by atoms with van der Waals surface area (Å²) in [5, 5.41) is 15.3. The van der Waals surface area contributed by atoms with Crippen molar-refractivity contribution in [1.29, 1.82) is 0 Å². The molecular weight excluding hydrogens is 324 g/mol. The maximum Gasteiger partial charge on any atom is 0.344 e. The van der Waals surface area contributed by atoms with Crippen LogP contribution in [0.25, 0.3) is 5.70 Å². The predicted molar refractivity (Wildman–Crippen MR) is 92.9 cm³/mol. The van der Waals surface area contributed by atoms with Crippen LogP contribution in [0.4, 0.5) is 4.79 Å². The van der Waals surface area contributed by atoms with Crippen molar-refractivity contribution in [3.8, 4) is 0 Å². The summed E-state index contributed by atoms with van der Waals surface area (Å²) in [6.45, 7) is 12.6. The fourth-order valence-electron chi connectivity index (χ4n) is 2.61. The smallest absolute Gasteiger partial charge is 0.344 e. The van der Waals surface area contributed by atoms with E-state index in [1.807, 2.05) is 18.3 Å². The van der Waals surface area contributed by atoms with Crippen molar-refractivity contribution in [1.82, 2.24) is 19.7 Å². The average molecular weight is 350 g/mol. The number of carbonyl (C=O) groups is 1. The third-order valence-corrected chi connectivity index (χ3v) is 9.73. The molecule has 1 aromatic heterocycles. The van der Waals surface area contributed by atoms with Gasteiger partial charge in [-0.15, -0.1) is 0 Å². The highest BCUT2D eigenvalue weighted by Gasteiger charge is 2.40. The first-order valence-corrected chi connectivity index (χ1v) is 11.2. The Morgan fingerprint density at radius 3 is 2.75 bits per heavy atom. The first kappa shape index (κ1) is 17.2. The van der Waals surface area contributed by atoms with E-state index in [4.69, 9.17) is 4.43 Å². The molecule has 0 spiro atoms. The highest BCUT2D eigenvalue weighted by atomic mass is 28.4. The molecule has 1 N–H and O–H groups in total. The van der Waals surface area contributed by atoms with Crippen LogP contribution in [-0.4, -0.2) is 58.4 Å². The van der Waals surface area contributed by atoms with Crippen molar-refractivity contribution in [3.05, 3.63) is 24.0 Å². The number of hydrogen-bond acceptors (Lipinski definition) is 4. The van der Waals surface area contributed by atoms with Crippen LogP contribution in [0.5, 0.6) is 0 Å². The lowest BCUT2D eigenvalue weighted by Crippen LogP contribution is -2.40. The zero-order chi connectivity index (χ0) is 17.7. The lowest BCUT2D eigenvalue weighted by Gasteiger charge is -2.35. The summed E-state index contributed by atoms with van der Waals surface area (Å²) in [4.78, 5) is 13.4. The number of urea groups is 1. The summed E-state index contributed by atoms with van der Waals surface area (Å²) in [5.74, 6) is 0. The van der Waals surface area contributed by atoms with E-state index in [0.717, 1.165) is 16.5 Å². The standard InChI is InChI=1S/C16H26N4O3Si/c1-16(2,3)24(4,5)23-11-12-6-7-19(17-12)13-8-14-10-18(9-13)15(21)20(14)22/h6-8,14,22H,9-11H2,1-5H3. The molecule has 0 aliphatic carbocycles. The van der Waals surface area contributed by atoms with Gasteiger partial charge < -0.3 is 9.33 Å². The quantitative estimate of drug-likeness (QED) is 0.669. The maximum absolute atomic E-state index is 11.8. The van der Waals surface area contributed by atoms with Gasteiger partial charge >= 0.3 is 6.03 Å². The molecule has 1 fully saturated rings. The Labute approximate surface area is 143 Å². The van der Waals surface area contributed by atoms with Gasteiger partial charge in [0.15, 0.2) is 8.32 Å². The molecule has 3 rings (SSSR count). The van der Waals surface area contributed by atoms with Gasteiger partial charge in [0.25, 0.3) is 0 Å². The maximum atomic E-state index is 11.8. The summed E-state index contributed by atoms with van der Waals surface area (Å²) in [6, 6.07) is 1.30. The largest absolute Gasteiger partial charge is 0.411 e. The molecule has 0 radical (unpaired) electrons. The van der Waals surface area contributed by atoms with Gasteiger partial charge in [-0.25, -0.2) is 9.48 Å². The molecule has 2 bridgehead atoms. The third-order valence-electron chi connectivity index (χ3n) is 5.25. The second-order valence-electron chi connectivity index (χ2n) is 8.03. The van der Waals surface area contributed by atoms with Crippen molar-refractivity contribution in [2.45, 2.75) is 51.6 Å². The van der Waals surface area contributed by atoms with E-state index in [2.05, 4.69) is 39.0 Å². The van der Waals surface area contributed by atoms with Gasteiger partial charge in [-0.1, -0.05) is 20.8 Å². The van der Waals surface area contributed by atoms with Crippen LogP contribution >= 0.6 is 0 Å². The molecule has 1 aromatic rings. The van der Waals surface area contributed by atoms with Crippen LogP contribution in [0.1, 0.15) is 26.5 Å². The topological polar surface area (TPSA) is 70.8 Å². The van der Waals surface area contributed by atoms with Gasteiger partial charge in [0.05, 0.1) is 30.6 Å². The number of hydrogen-bond donors (Lipinski definition) is 1. The molecule has 2 amide bonds. The zero-order valence-electron chi connectivity index (χ0n) is 15.0. The second kappa shape index (κ2) is 5.71. The number of rotatable bonds is 4. The summed E-state index contributed by atoms with van der Waals surface area (Å²) in [6.07, 6.45) is 3.78. The first-order valence-electron chi connectivity index (χ1n) is 8.25. The predicted octanol–water partition coefficient (Wildman–Crippen LogP) is 2.75. The van der Waals surface area contributed by atoms with E-state index in [1.54, 1.807) is 9.58 Å². The number of nitrogens with zero attached hydrogens (tertiary/aromatic N) is 4. The van der Waals surface area contributed by atoms with E-state index >= 15 is 0 Å². The molecule has 3 heterocycles. The lowest BCUT2D eigenvalue weighted by atomic mass is 10.2. The van der Waals surface area contributed by atoms with Gasteiger partial charge in [-0.2, -0.15) is 10.2 Å². The van der Waals surface area contributed by atoms with Gasteiger partial charge in [0, 0.05) is 12.7 Å². The Bertz CT molecular complexity index is 677. The molecule has 132 valence electrons. The summed E-state index contributed by atoms with van der Waals surface area (Å²) in [7, 11) is -1.80. The molecule has 1 saturated heterocycles. The number of amides is 2. The van der Waals surface area contributed by atoms with Gasteiger partial charge in [-0.05, 0) is 30.3 Å². The zero-order valence-corrected chi connectivity index (χ0v) is 16.0.